The normalized spacial score (nSPS) is 11.2. The monoisotopic (exact) mass is 284 g/mol. The quantitative estimate of drug-likeness (QED) is 0.864. The van der Waals surface area contributed by atoms with Crippen LogP contribution in [0.2, 0.25) is 0 Å². The molecule has 16 heavy (non-hydrogen) atoms. The van der Waals surface area contributed by atoms with Gasteiger partial charge in [0.25, 0.3) is 5.91 Å². The summed E-state index contributed by atoms with van der Waals surface area (Å²) >= 11 is 3.23. The number of nitrogens with zero attached hydrogens (tertiary/aromatic N) is 1. The van der Waals surface area contributed by atoms with Crippen LogP contribution in [0.15, 0.2) is 22.9 Å². The molecule has 0 bridgehead atoms. The lowest BCUT2D eigenvalue weighted by Gasteiger charge is -2.22. The van der Waals surface area contributed by atoms with Crippen molar-refractivity contribution in [2.45, 2.75) is 27.2 Å². The number of rotatable bonds is 4. The van der Waals surface area contributed by atoms with Gasteiger partial charge in [0.05, 0.1) is 5.56 Å². The van der Waals surface area contributed by atoms with Gasteiger partial charge in [-0.25, -0.2) is 4.98 Å². The van der Waals surface area contributed by atoms with Gasteiger partial charge in [-0.05, 0) is 39.9 Å². The third kappa shape index (κ3) is 3.93. The zero-order valence-corrected chi connectivity index (χ0v) is 11.5. The van der Waals surface area contributed by atoms with Gasteiger partial charge in [0.15, 0.2) is 0 Å². The fourth-order valence-corrected chi connectivity index (χ4v) is 1.29. The molecule has 0 spiro atoms. The van der Waals surface area contributed by atoms with Crippen molar-refractivity contribution in [2.24, 2.45) is 5.41 Å². The molecule has 88 valence electrons. The van der Waals surface area contributed by atoms with Gasteiger partial charge in [-0.3, -0.25) is 4.79 Å². The van der Waals surface area contributed by atoms with E-state index in [1.807, 2.05) is 0 Å². The Hall–Kier alpha value is -0.900. The van der Waals surface area contributed by atoms with Gasteiger partial charge in [0.1, 0.15) is 4.60 Å². The fraction of sp³-hybridized carbons (Fsp3) is 0.500. The topological polar surface area (TPSA) is 42.0 Å². The van der Waals surface area contributed by atoms with E-state index in [0.717, 1.165) is 11.0 Å². The van der Waals surface area contributed by atoms with Gasteiger partial charge in [-0.15, -0.1) is 0 Å². The smallest absolute Gasteiger partial charge is 0.252 e. The third-order valence-corrected chi connectivity index (χ3v) is 3.14. The Morgan fingerprint density at radius 2 is 2.19 bits per heavy atom. The van der Waals surface area contributed by atoms with E-state index in [9.17, 15) is 4.79 Å². The van der Waals surface area contributed by atoms with E-state index < -0.39 is 0 Å². The van der Waals surface area contributed by atoms with Gasteiger partial charge in [-0.2, -0.15) is 0 Å². The average molecular weight is 285 g/mol. The Kier molecular flexibility index (Phi) is 4.47. The molecule has 1 heterocycles. The highest BCUT2D eigenvalue weighted by atomic mass is 79.9. The van der Waals surface area contributed by atoms with Gasteiger partial charge in [0, 0.05) is 12.7 Å². The van der Waals surface area contributed by atoms with E-state index in [2.05, 4.69) is 47.0 Å². The van der Waals surface area contributed by atoms with Crippen LogP contribution in [-0.4, -0.2) is 17.4 Å². The van der Waals surface area contributed by atoms with Crippen molar-refractivity contribution in [1.29, 1.82) is 0 Å². The summed E-state index contributed by atoms with van der Waals surface area (Å²) in [7, 11) is 0. The molecule has 0 fully saturated rings. The Balaban J connectivity index is 2.56. The van der Waals surface area contributed by atoms with Crippen LogP contribution >= 0.6 is 15.9 Å². The Morgan fingerprint density at radius 3 is 2.69 bits per heavy atom. The van der Waals surface area contributed by atoms with Crippen LogP contribution < -0.4 is 5.32 Å². The van der Waals surface area contributed by atoms with Gasteiger partial charge in [-0.1, -0.05) is 20.8 Å². The van der Waals surface area contributed by atoms with Crippen molar-refractivity contribution >= 4 is 21.8 Å². The molecule has 3 nitrogen and oxygen atoms in total. The first kappa shape index (κ1) is 13.2. The molecule has 1 aromatic rings. The second-order valence-electron chi connectivity index (χ2n) is 4.57. The number of nitrogens with one attached hydrogen (secondary N) is 1. The minimum Gasteiger partial charge on any atom is -0.351 e. The highest BCUT2D eigenvalue weighted by Gasteiger charge is 2.16. The summed E-state index contributed by atoms with van der Waals surface area (Å²) in [6, 6.07) is 3.52. The van der Waals surface area contributed by atoms with E-state index >= 15 is 0 Å². The van der Waals surface area contributed by atoms with Crippen molar-refractivity contribution in [3.63, 3.8) is 0 Å². The number of halogens is 1. The minimum atomic E-state index is -0.0680. The maximum absolute atomic E-state index is 11.8. The predicted octanol–water partition coefficient (Wildman–Crippen LogP) is 3.01. The predicted molar refractivity (Wildman–Crippen MR) is 68.3 cm³/mol. The van der Waals surface area contributed by atoms with Gasteiger partial charge < -0.3 is 5.32 Å². The summed E-state index contributed by atoms with van der Waals surface area (Å²) in [4.78, 5) is 15.8. The highest BCUT2D eigenvalue weighted by Crippen LogP contribution is 2.17. The first-order valence-corrected chi connectivity index (χ1v) is 6.14. The molecule has 0 aliphatic heterocycles. The molecule has 0 unspecified atom stereocenters. The van der Waals surface area contributed by atoms with Crippen molar-refractivity contribution in [3.8, 4) is 0 Å². The fourth-order valence-electron chi connectivity index (χ4n) is 1.06. The molecule has 0 saturated carbocycles. The molecule has 0 aliphatic rings. The summed E-state index contributed by atoms with van der Waals surface area (Å²) < 4.78 is 0.734. The van der Waals surface area contributed by atoms with Crippen LogP contribution in [0.25, 0.3) is 0 Å². The van der Waals surface area contributed by atoms with Crippen LogP contribution in [0.4, 0.5) is 0 Å². The molecule has 4 heteroatoms. The first-order valence-electron chi connectivity index (χ1n) is 5.34. The zero-order valence-electron chi connectivity index (χ0n) is 9.88. The van der Waals surface area contributed by atoms with Gasteiger partial charge >= 0.3 is 0 Å². The molecular weight excluding hydrogens is 268 g/mol. The van der Waals surface area contributed by atoms with Gasteiger partial charge in [0.2, 0.25) is 0 Å². The number of carbonyl (C=O) groups is 1. The number of hydrogen-bond acceptors (Lipinski definition) is 2. The van der Waals surface area contributed by atoms with Crippen LogP contribution in [0.3, 0.4) is 0 Å². The van der Waals surface area contributed by atoms with Crippen molar-refractivity contribution in [2.75, 3.05) is 6.54 Å². The summed E-state index contributed by atoms with van der Waals surface area (Å²) in [5.74, 6) is -0.0680. The SMILES string of the molecule is CCC(C)(C)CNC(=O)c1ccc(Br)nc1. The molecule has 0 radical (unpaired) electrons. The third-order valence-electron chi connectivity index (χ3n) is 2.67. The van der Waals surface area contributed by atoms with E-state index in [0.29, 0.717) is 12.1 Å². The Bertz CT molecular complexity index is 360. The van der Waals surface area contributed by atoms with Crippen LogP contribution in [0.5, 0.6) is 0 Å². The molecule has 1 amide bonds. The number of aromatic nitrogens is 1. The number of amides is 1. The highest BCUT2D eigenvalue weighted by molar-refractivity contribution is 9.10. The lowest BCUT2D eigenvalue weighted by molar-refractivity contribution is 0.0935. The van der Waals surface area contributed by atoms with Crippen molar-refractivity contribution < 1.29 is 4.79 Å². The number of pyridine rings is 1. The lowest BCUT2D eigenvalue weighted by Crippen LogP contribution is -2.33. The average Bonchev–Trinajstić information content (AvgIpc) is 2.27. The van der Waals surface area contributed by atoms with Crippen LogP contribution in [0, 0.1) is 5.41 Å². The van der Waals surface area contributed by atoms with E-state index in [1.54, 1.807) is 18.3 Å². The molecule has 1 aromatic heterocycles. The minimum absolute atomic E-state index is 0.0680. The maximum Gasteiger partial charge on any atom is 0.252 e. The lowest BCUT2D eigenvalue weighted by atomic mass is 9.90. The maximum atomic E-state index is 11.8. The molecule has 0 atom stereocenters. The zero-order chi connectivity index (χ0) is 12.2. The molecule has 0 aromatic carbocycles. The van der Waals surface area contributed by atoms with Crippen LogP contribution in [0.1, 0.15) is 37.6 Å². The number of hydrogen-bond donors (Lipinski definition) is 1. The first-order chi connectivity index (χ1) is 7.44. The summed E-state index contributed by atoms with van der Waals surface area (Å²) in [5.41, 5.74) is 0.730. The van der Waals surface area contributed by atoms with E-state index in [4.69, 9.17) is 0 Å². The van der Waals surface area contributed by atoms with E-state index in [1.165, 1.54) is 0 Å². The molecule has 0 aliphatic carbocycles. The standard InChI is InChI=1S/C12H17BrN2O/c1-4-12(2,3)8-15-11(16)9-5-6-10(13)14-7-9/h5-7H,4,8H2,1-3H3,(H,15,16). The number of carbonyl (C=O) groups excluding carboxylic acids is 1. The molecule has 1 rings (SSSR count). The largest absolute Gasteiger partial charge is 0.351 e. The summed E-state index contributed by atoms with van der Waals surface area (Å²) in [6.07, 6.45) is 2.60. The summed E-state index contributed by atoms with van der Waals surface area (Å²) in [5, 5.41) is 2.92. The summed E-state index contributed by atoms with van der Waals surface area (Å²) in [6.45, 7) is 7.06. The Labute approximate surface area is 105 Å². The van der Waals surface area contributed by atoms with E-state index in [-0.39, 0.29) is 11.3 Å². The van der Waals surface area contributed by atoms with Crippen LogP contribution in [-0.2, 0) is 0 Å². The van der Waals surface area contributed by atoms with Crippen molar-refractivity contribution in [1.82, 2.24) is 10.3 Å². The van der Waals surface area contributed by atoms with Crippen molar-refractivity contribution in [3.05, 3.63) is 28.5 Å². The Morgan fingerprint density at radius 1 is 1.50 bits per heavy atom. The second-order valence-corrected chi connectivity index (χ2v) is 5.38. The molecule has 1 N–H and O–H groups in total. The second kappa shape index (κ2) is 5.43. The molecular formula is C12H17BrN2O. The molecule has 0 saturated heterocycles.